The first-order valence-corrected chi connectivity index (χ1v) is 7.55. The number of esters is 1. The first-order valence-electron chi connectivity index (χ1n) is 6.80. The van der Waals surface area contributed by atoms with Gasteiger partial charge < -0.3 is 9.47 Å². The fourth-order valence-electron chi connectivity index (χ4n) is 2.16. The molecule has 7 heteroatoms. The first-order chi connectivity index (χ1) is 11.5. The van der Waals surface area contributed by atoms with E-state index in [2.05, 4.69) is 4.99 Å². The van der Waals surface area contributed by atoms with E-state index in [1.54, 1.807) is 18.2 Å². The number of aliphatic imine (C=N–C) groups is 1. The van der Waals surface area contributed by atoms with E-state index in [1.807, 2.05) is 0 Å². The summed E-state index contributed by atoms with van der Waals surface area (Å²) < 4.78 is 24.2. The highest BCUT2D eigenvalue weighted by Crippen LogP contribution is 2.29. The quantitative estimate of drug-likeness (QED) is 0.594. The van der Waals surface area contributed by atoms with E-state index in [0.29, 0.717) is 16.3 Å². The molecule has 1 aliphatic heterocycles. The Morgan fingerprint density at radius 3 is 2.75 bits per heavy atom. The number of benzene rings is 2. The lowest BCUT2D eigenvalue weighted by atomic mass is 10.2. The number of carbonyl (C=O) groups excluding carboxylic acids is 1. The van der Waals surface area contributed by atoms with Crippen molar-refractivity contribution in [3.63, 3.8) is 0 Å². The molecule has 0 bridgehead atoms. The first kappa shape index (κ1) is 16.5. The van der Waals surface area contributed by atoms with E-state index in [4.69, 9.17) is 32.7 Å². The maximum atomic E-state index is 13.9. The van der Waals surface area contributed by atoms with Crippen LogP contribution in [-0.2, 0) is 9.53 Å². The lowest BCUT2D eigenvalue weighted by molar-refractivity contribution is -0.129. The molecule has 0 fully saturated rings. The highest BCUT2D eigenvalue weighted by atomic mass is 35.5. The van der Waals surface area contributed by atoms with Gasteiger partial charge in [0.1, 0.15) is 11.6 Å². The molecule has 0 aliphatic carbocycles. The summed E-state index contributed by atoms with van der Waals surface area (Å²) in [5, 5.41) is 0.596. The molecule has 1 heterocycles. The van der Waals surface area contributed by atoms with Crippen molar-refractivity contribution in [3.8, 4) is 5.75 Å². The Balaban J connectivity index is 2.06. The van der Waals surface area contributed by atoms with Gasteiger partial charge in [-0.1, -0.05) is 29.3 Å². The van der Waals surface area contributed by atoms with Crippen molar-refractivity contribution in [3.05, 3.63) is 69.1 Å². The van der Waals surface area contributed by atoms with Crippen LogP contribution in [-0.4, -0.2) is 19.0 Å². The number of hydrogen-bond donors (Lipinski definition) is 0. The zero-order valence-corrected chi connectivity index (χ0v) is 13.9. The Labute approximate surface area is 147 Å². The third kappa shape index (κ3) is 3.13. The molecular weight excluding hydrogens is 356 g/mol. The molecule has 0 saturated carbocycles. The Morgan fingerprint density at radius 2 is 2.04 bits per heavy atom. The number of nitrogens with zero attached hydrogens (tertiary/aromatic N) is 1. The zero-order chi connectivity index (χ0) is 17.3. The molecule has 0 saturated heterocycles. The SMILES string of the molecule is COc1ccc(Cl)cc1C1=N/C(=C\c2c(F)cccc2Cl)C(=O)O1. The molecule has 0 aromatic heterocycles. The van der Waals surface area contributed by atoms with Gasteiger partial charge in [-0.2, -0.15) is 0 Å². The summed E-state index contributed by atoms with van der Waals surface area (Å²) in [6.07, 6.45) is 1.24. The van der Waals surface area contributed by atoms with E-state index < -0.39 is 11.8 Å². The molecule has 122 valence electrons. The Bertz CT molecular complexity index is 873. The number of methoxy groups -OCH3 is 1. The molecule has 0 spiro atoms. The van der Waals surface area contributed by atoms with Gasteiger partial charge in [0.25, 0.3) is 0 Å². The molecule has 2 aromatic carbocycles. The lowest BCUT2D eigenvalue weighted by Crippen LogP contribution is -2.07. The number of ether oxygens (including phenoxy) is 2. The van der Waals surface area contributed by atoms with E-state index in [9.17, 15) is 9.18 Å². The van der Waals surface area contributed by atoms with Crippen LogP contribution < -0.4 is 4.74 Å². The summed E-state index contributed by atoms with van der Waals surface area (Å²) in [6.45, 7) is 0. The van der Waals surface area contributed by atoms with E-state index in [-0.39, 0.29) is 22.2 Å². The summed E-state index contributed by atoms with van der Waals surface area (Å²) >= 11 is 11.9. The maximum absolute atomic E-state index is 13.9. The molecule has 4 nitrogen and oxygen atoms in total. The smallest absolute Gasteiger partial charge is 0.363 e. The molecule has 24 heavy (non-hydrogen) atoms. The van der Waals surface area contributed by atoms with Gasteiger partial charge in [-0.05, 0) is 36.4 Å². The maximum Gasteiger partial charge on any atom is 0.363 e. The van der Waals surface area contributed by atoms with E-state index >= 15 is 0 Å². The van der Waals surface area contributed by atoms with Gasteiger partial charge in [0.2, 0.25) is 5.90 Å². The summed E-state index contributed by atoms with van der Waals surface area (Å²) in [5.41, 5.74) is 0.412. The predicted octanol–water partition coefficient (Wildman–Crippen LogP) is 4.49. The molecule has 0 amide bonds. The number of cyclic esters (lactones) is 1. The molecule has 0 atom stereocenters. The van der Waals surface area contributed by atoms with Crippen molar-refractivity contribution in [2.75, 3.05) is 7.11 Å². The second-order valence-corrected chi connectivity index (χ2v) is 5.66. The highest BCUT2D eigenvalue weighted by Gasteiger charge is 2.27. The van der Waals surface area contributed by atoms with E-state index in [0.717, 1.165) is 0 Å². The number of rotatable bonds is 3. The molecule has 2 aromatic rings. The van der Waals surface area contributed by atoms with Crippen LogP contribution in [0.3, 0.4) is 0 Å². The average Bonchev–Trinajstić information content (AvgIpc) is 2.92. The van der Waals surface area contributed by atoms with Crippen LogP contribution in [0.4, 0.5) is 4.39 Å². The number of halogens is 3. The van der Waals surface area contributed by atoms with Crippen molar-refractivity contribution in [1.82, 2.24) is 0 Å². The predicted molar refractivity (Wildman–Crippen MR) is 90.0 cm³/mol. The van der Waals surface area contributed by atoms with Crippen molar-refractivity contribution >= 4 is 41.1 Å². The molecule has 0 unspecified atom stereocenters. The van der Waals surface area contributed by atoms with Crippen molar-refractivity contribution in [2.24, 2.45) is 4.99 Å². The monoisotopic (exact) mass is 365 g/mol. The van der Waals surface area contributed by atoms with Gasteiger partial charge in [-0.25, -0.2) is 14.2 Å². The minimum absolute atomic E-state index is 0.0260. The summed E-state index contributed by atoms with van der Waals surface area (Å²) in [4.78, 5) is 16.1. The fourth-order valence-corrected chi connectivity index (χ4v) is 2.55. The zero-order valence-electron chi connectivity index (χ0n) is 12.3. The normalized spacial score (nSPS) is 15.4. The van der Waals surface area contributed by atoms with Crippen LogP contribution in [0.25, 0.3) is 6.08 Å². The summed E-state index contributed by atoms with van der Waals surface area (Å²) in [7, 11) is 1.47. The highest BCUT2D eigenvalue weighted by molar-refractivity contribution is 6.32. The summed E-state index contributed by atoms with van der Waals surface area (Å²) in [5.74, 6) is -0.813. The lowest BCUT2D eigenvalue weighted by Gasteiger charge is -2.07. The second-order valence-electron chi connectivity index (χ2n) is 4.82. The van der Waals surface area contributed by atoms with Gasteiger partial charge in [0, 0.05) is 10.6 Å². The van der Waals surface area contributed by atoms with Crippen molar-refractivity contribution in [2.45, 2.75) is 0 Å². The van der Waals surface area contributed by atoms with Gasteiger partial charge >= 0.3 is 5.97 Å². The van der Waals surface area contributed by atoms with Gasteiger partial charge in [-0.15, -0.1) is 0 Å². The van der Waals surface area contributed by atoms with E-state index in [1.165, 1.54) is 31.4 Å². The molecule has 0 N–H and O–H groups in total. The standard InChI is InChI=1S/C17H10Cl2FNO3/c1-23-15-6-5-9(18)7-11(15)16-21-14(17(22)24-16)8-10-12(19)3-2-4-13(10)20/h2-8H,1H3/b14-8-. The summed E-state index contributed by atoms with van der Waals surface area (Å²) in [6, 6.07) is 9.05. The third-order valence-electron chi connectivity index (χ3n) is 3.29. The van der Waals surface area contributed by atoms with Crippen LogP contribution in [0, 0.1) is 5.82 Å². The van der Waals surface area contributed by atoms with Gasteiger partial charge in [0.15, 0.2) is 5.70 Å². The Hall–Kier alpha value is -2.37. The van der Waals surface area contributed by atoms with Crippen LogP contribution in [0.1, 0.15) is 11.1 Å². The second kappa shape index (κ2) is 6.63. The fraction of sp³-hybridized carbons (Fsp3) is 0.0588. The van der Waals surface area contributed by atoms with Crippen molar-refractivity contribution in [1.29, 1.82) is 0 Å². The molecule has 1 aliphatic rings. The van der Waals surface area contributed by atoms with Gasteiger partial charge in [0.05, 0.1) is 17.7 Å². The molecule has 3 rings (SSSR count). The van der Waals surface area contributed by atoms with Crippen LogP contribution in [0.2, 0.25) is 10.0 Å². The minimum atomic E-state index is -0.716. The van der Waals surface area contributed by atoms with Gasteiger partial charge in [-0.3, -0.25) is 0 Å². The average molecular weight is 366 g/mol. The number of carbonyl (C=O) groups is 1. The molecular formula is C17H10Cl2FNO3. The van der Waals surface area contributed by atoms with Crippen LogP contribution in [0.5, 0.6) is 5.75 Å². The van der Waals surface area contributed by atoms with Crippen LogP contribution in [0.15, 0.2) is 47.1 Å². The van der Waals surface area contributed by atoms with Crippen LogP contribution >= 0.6 is 23.2 Å². The minimum Gasteiger partial charge on any atom is -0.496 e. The Kier molecular flexibility index (Phi) is 4.55. The number of hydrogen-bond acceptors (Lipinski definition) is 4. The third-order valence-corrected chi connectivity index (χ3v) is 3.86. The Morgan fingerprint density at radius 1 is 1.25 bits per heavy atom. The van der Waals surface area contributed by atoms with Crippen molar-refractivity contribution < 1.29 is 18.7 Å². The molecule has 0 radical (unpaired) electrons. The largest absolute Gasteiger partial charge is 0.496 e. The topological polar surface area (TPSA) is 47.9 Å².